The molecule has 0 saturated heterocycles. The van der Waals surface area contributed by atoms with E-state index in [1.807, 2.05) is 24.3 Å². The number of aromatic nitrogens is 2. The number of thioether (sulfide) groups is 1. The highest BCUT2D eigenvalue weighted by Gasteiger charge is 2.15. The molecule has 2 N–H and O–H groups in total. The van der Waals surface area contributed by atoms with Crippen molar-refractivity contribution < 1.29 is 14.3 Å². The Morgan fingerprint density at radius 2 is 2.00 bits per heavy atom. The van der Waals surface area contributed by atoms with E-state index in [4.69, 9.17) is 10.5 Å². The highest BCUT2D eigenvalue weighted by molar-refractivity contribution is 9.10. The van der Waals surface area contributed by atoms with Crippen LogP contribution in [0.15, 0.2) is 40.1 Å². The largest absolute Gasteiger partial charge is 0.462 e. The number of nitrogens with zero attached hydrogens (tertiary/aromatic N) is 3. The second-order valence-corrected chi connectivity index (χ2v) is 7.20. The average Bonchev–Trinajstić information content (AvgIpc) is 2.61. The zero-order valence-electron chi connectivity index (χ0n) is 14.4. The maximum Gasteiger partial charge on any atom is 0.343 e. The molecule has 0 spiro atoms. The first kappa shape index (κ1) is 20.2. The van der Waals surface area contributed by atoms with Crippen LogP contribution in [0.1, 0.15) is 22.8 Å². The van der Waals surface area contributed by atoms with Crippen LogP contribution in [-0.2, 0) is 16.1 Å². The Balaban J connectivity index is 1.91. The number of amides is 1. The number of rotatable bonds is 7. The van der Waals surface area contributed by atoms with Gasteiger partial charge in [0, 0.05) is 24.3 Å². The van der Waals surface area contributed by atoms with Gasteiger partial charge in [0.1, 0.15) is 11.4 Å². The second kappa shape index (κ2) is 9.54. The maximum absolute atomic E-state index is 12.3. The Kier molecular flexibility index (Phi) is 7.40. The molecule has 9 heteroatoms. The minimum atomic E-state index is -0.563. The van der Waals surface area contributed by atoms with Gasteiger partial charge in [0.25, 0.3) is 0 Å². The molecule has 0 saturated carbocycles. The van der Waals surface area contributed by atoms with Gasteiger partial charge in [0.2, 0.25) is 5.91 Å². The first-order valence-electron chi connectivity index (χ1n) is 7.81. The predicted molar refractivity (Wildman–Crippen MR) is 104 cm³/mol. The van der Waals surface area contributed by atoms with Crippen molar-refractivity contribution in [3.8, 4) is 0 Å². The van der Waals surface area contributed by atoms with Gasteiger partial charge in [-0.1, -0.05) is 39.8 Å². The van der Waals surface area contributed by atoms with E-state index in [9.17, 15) is 9.59 Å². The van der Waals surface area contributed by atoms with E-state index in [0.717, 1.165) is 21.8 Å². The maximum atomic E-state index is 12.3. The highest BCUT2D eigenvalue weighted by atomic mass is 79.9. The first-order chi connectivity index (χ1) is 12.4. The second-order valence-electron chi connectivity index (χ2n) is 5.34. The Labute approximate surface area is 164 Å². The molecule has 26 heavy (non-hydrogen) atoms. The topological polar surface area (TPSA) is 98.4 Å². The molecule has 2 rings (SSSR count). The van der Waals surface area contributed by atoms with Crippen molar-refractivity contribution in [3.05, 3.63) is 46.1 Å². The number of benzene rings is 1. The summed E-state index contributed by atoms with van der Waals surface area (Å²) in [7, 11) is 1.74. The third-order valence-electron chi connectivity index (χ3n) is 3.37. The van der Waals surface area contributed by atoms with E-state index in [0.29, 0.717) is 11.7 Å². The summed E-state index contributed by atoms with van der Waals surface area (Å²) in [6.07, 6.45) is 1.32. The van der Waals surface area contributed by atoms with E-state index < -0.39 is 5.97 Å². The summed E-state index contributed by atoms with van der Waals surface area (Å²) in [6.45, 7) is 2.46. The third kappa shape index (κ3) is 5.70. The molecule has 0 fully saturated rings. The van der Waals surface area contributed by atoms with E-state index >= 15 is 0 Å². The van der Waals surface area contributed by atoms with E-state index in [1.165, 1.54) is 6.20 Å². The fraction of sp³-hybridized carbons (Fsp3) is 0.294. The Hall–Kier alpha value is -2.13. The van der Waals surface area contributed by atoms with Crippen molar-refractivity contribution in [3.63, 3.8) is 0 Å². The van der Waals surface area contributed by atoms with Gasteiger partial charge in [-0.15, -0.1) is 0 Å². The first-order valence-corrected chi connectivity index (χ1v) is 9.59. The molecule has 0 bridgehead atoms. The van der Waals surface area contributed by atoms with Gasteiger partial charge in [-0.05, 0) is 24.6 Å². The monoisotopic (exact) mass is 438 g/mol. The molecule has 0 aliphatic heterocycles. The molecule has 2 aromatic rings. The van der Waals surface area contributed by atoms with Crippen molar-refractivity contribution >= 4 is 45.4 Å². The fourth-order valence-electron chi connectivity index (χ4n) is 2.00. The summed E-state index contributed by atoms with van der Waals surface area (Å²) in [5.74, 6) is -0.413. The van der Waals surface area contributed by atoms with Gasteiger partial charge >= 0.3 is 5.97 Å². The van der Waals surface area contributed by atoms with Crippen LogP contribution < -0.4 is 5.73 Å². The lowest BCUT2D eigenvalue weighted by Gasteiger charge is -2.17. The number of hydrogen-bond acceptors (Lipinski definition) is 7. The summed E-state index contributed by atoms with van der Waals surface area (Å²) in [6, 6.07) is 7.78. The van der Waals surface area contributed by atoms with Crippen LogP contribution in [0.3, 0.4) is 0 Å². The molecule has 0 aliphatic rings. The number of esters is 1. The molecule has 0 unspecified atom stereocenters. The van der Waals surface area contributed by atoms with Crippen LogP contribution >= 0.6 is 27.7 Å². The number of anilines is 1. The minimum absolute atomic E-state index is 0.0385. The number of carbonyl (C=O) groups excluding carboxylic acids is 2. The minimum Gasteiger partial charge on any atom is -0.462 e. The highest BCUT2D eigenvalue weighted by Crippen LogP contribution is 2.18. The number of hydrogen-bond donors (Lipinski definition) is 1. The number of halogens is 1. The predicted octanol–water partition coefficient (Wildman–Crippen LogP) is 2.75. The molecule has 1 aromatic carbocycles. The molecule has 1 aromatic heterocycles. The third-order valence-corrected chi connectivity index (χ3v) is 4.75. The lowest BCUT2D eigenvalue weighted by molar-refractivity contribution is -0.127. The standard InChI is InChI=1S/C17H19BrN4O3S/c1-3-25-16(24)13-8-20-17(21-15(13)19)26-10-14(23)22(2)9-11-4-6-12(18)7-5-11/h4-8H,3,9-10H2,1-2H3,(H2,19,20,21). The van der Waals surface area contributed by atoms with Gasteiger partial charge in [-0.3, -0.25) is 4.79 Å². The SMILES string of the molecule is CCOC(=O)c1cnc(SCC(=O)N(C)Cc2ccc(Br)cc2)nc1N. The molecule has 0 radical (unpaired) electrons. The van der Waals surface area contributed by atoms with Crippen molar-refractivity contribution in [2.75, 3.05) is 25.1 Å². The number of nitrogen functional groups attached to an aromatic ring is 1. The molecular formula is C17H19BrN4O3S. The van der Waals surface area contributed by atoms with Crippen molar-refractivity contribution in [2.45, 2.75) is 18.6 Å². The van der Waals surface area contributed by atoms with Crippen molar-refractivity contribution in [2.24, 2.45) is 0 Å². The van der Waals surface area contributed by atoms with Crippen LogP contribution in [0, 0.1) is 0 Å². The smallest absolute Gasteiger partial charge is 0.343 e. The average molecular weight is 439 g/mol. The summed E-state index contributed by atoms with van der Waals surface area (Å²) >= 11 is 4.55. The van der Waals surface area contributed by atoms with Crippen molar-refractivity contribution in [1.82, 2.24) is 14.9 Å². The lowest BCUT2D eigenvalue weighted by atomic mass is 10.2. The van der Waals surface area contributed by atoms with Crippen molar-refractivity contribution in [1.29, 1.82) is 0 Å². The van der Waals surface area contributed by atoms with Crippen LogP contribution in [0.25, 0.3) is 0 Å². The zero-order chi connectivity index (χ0) is 19.1. The molecule has 1 heterocycles. The fourth-order valence-corrected chi connectivity index (χ4v) is 3.03. The summed E-state index contributed by atoms with van der Waals surface area (Å²) in [5, 5.41) is 0.334. The summed E-state index contributed by atoms with van der Waals surface area (Å²) < 4.78 is 5.87. The molecule has 7 nitrogen and oxygen atoms in total. The van der Waals surface area contributed by atoms with Gasteiger partial charge in [0.05, 0.1) is 12.4 Å². The summed E-state index contributed by atoms with van der Waals surface area (Å²) in [5.41, 5.74) is 6.92. The number of nitrogens with two attached hydrogens (primary N) is 1. The normalized spacial score (nSPS) is 10.4. The Morgan fingerprint density at radius 1 is 1.31 bits per heavy atom. The molecule has 1 amide bonds. The van der Waals surface area contributed by atoms with Gasteiger partial charge in [0.15, 0.2) is 5.16 Å². The zero-order valence-corrected chi connectivity index (χ0v) is 16.8. The molecular weight excluding hydrogens is 420 g/mol. The molecule has 0 atom stereocenters. The van der Waals surface area contributed by atoms with Crippen LogP contribution in [-0.4, -0.2) is 46.2 Å². The van der Waals surface area contributed by atoms with Crippen LogP contribution in [0.5, 0.6) is 0 Å². The molecule has 138 valence electrons. The van der Waals surface area contributed by atoms with E-state index in [1.54, 1.807) is 18.9 Å². The quantitative estimate of drug-likeness (QED) is 0.402. The molecule has 0 aliphatic carbocycles. The van der Waals surface area contributed by atoms with Gasteiger partial charge < -0.3 is 15.4 Å². The van der Waals surface area contributed by atoms with E-state index in [2.05, 4.69) is 25.9 Å². The Bertz CT molecular complexity index is 786. The number of carbonyl (C=O) groups is 2. The lowest BCUT2D eigenvalue weighted by Crippen LogP contribution is -2.27. The van der Waals surface area contributed by atoms with Crippen LogP contribution in [0.2, 0.25) is 0 Å². The van der Waals surface area contributed by atoms with Crippen LogP contribution in [0.4, 0.5) is 5.82 Å². The Morgan fingerprint density at radius 3 is 2.62 bits per heavy atom. The summed E-state index contributed by atoms with van der Waals surface area (Å²) in [4.78, 5) is 33.7. The van der Waals surface area contributed by atoms with E-state index in [-0.39, 0.29) is 29.6 Å². The number of ether oxygens (including phenoxy) is 1. The van der Waals surface area contributed by atoms with Gasteiger partial charge in [-0.2, -0.15) is 0 Å². The van der Waals surface area contributed by atoms with Gasteiger partial charge in [-0.25, -0.2) is 14.8 Å².